The number of carbonyl (C=O) groups is 2. The first kappa shape index (κ1) is 20.5. The first-order valence-electron chi connectivity index (χ1n) is 9.73. The Balaban J connectivity index is 1.60. The van der Waals surface area contributed by atoms with E-state index in [0.717, 1.165) is 33.5 Å². The van der Waals surface area contributed by atoms with Crippen LogP contribution in [0.3, 0.4) is 0 Å². The predicted octanol–water partition coefficient (Wildman–Crippen LogP) is 4.48. The van der Waals surface area contributed by atoms with Crippen LogP contribution < -0.4 is 10.6 Å². The molecule has 0 saturated carbocycles. The zero-order chi connectivity index (χ0) is 21.8. The van der Waals surface area contributed by atoms with E-state index in [0.29, 0.717) is 11.4 Å². The fourth-order valence-corrected chi connectivity index (χ4v) is 4.12. The highest BCUT2D eigenvalue weighted by molar-refractivity contribution is 7.17. The van der Waals surface area contributed by atoms with E-state index in [2.05, 4.69) is 57.2 Å². The summed E-state index contributed by atoms with van der Waals surface area (Å²) < 4.78 is 0. The van der Waals surface area contributed by atoms with Crippen LogP contribution in [0.1, 0.15) is 22.8 Å². The summed E-state index contributed by atoms with van der Waals surface area (Å²) in [5, 5.41) is 17.4. The second kappa shape index (κ2) is 8.93. The number of carboxylic acids is 1. The third-order valence-electron chi connectivity index (χ3n) is 4.85. The quantitative estimate of drug-likeness (QED) is 0.398. The fourth-order valence-electron chi connectivity index (χ4n) is 3.20. The molecule has 0 radical (unpaired) electrons. The van der Waals surface area contributed by atoms with Crippen molar-refractivity contribution in [2.45, 2.75) is 13.3 Å². The standard InChI is InChI=1S/C23H20N4O3S/c1-2-14-3-5-15(6-4-14)18-12-31-23-20(18)21(25-13-26-23)27-17-9-7-16(8-10-17)22(30)24-11-19(28)29/h3-10,12-13H,2,11H2,1H3,(H,24,30)(H,28,29)(H,25,26,27). The maximum atomic E-state index is 12.0. The van der Waals surface area contributed by atoms with Gasteiger partial charge in [-0.05, 0) is 41.8 Å². The van der Waals surface area contributed by atoms with Gasteiger partial charge >= 0.3 is 5.97 Å². The predicted molar refractivity (Wildman–Crippen MR) is 122 cm³/mol. The number of rotatable bonds is 7. The van der Waals surface area contributed by atoms with Crippen molar-refractivity contribution in [3.05, 3.63) is 71.4 Å². The van der Waals surface area contributed by atoms with E-state index >= 15 is 0 Å². The molecule has 0 aliphatic heterocycles. The molecule has 2 heterocycles. The second-order valence-electron chi connectivity index (χ2n) is 6.88. The monoisotopic (exact) mass is 432 g/mol. The summed E-state index contributed by atoms with van der Waals surface area (Å²) in [6.45, 7) is 1.71. The zero-order valence-corrected chi connectivity index (χ0v) is 17.6. The summed E-state index contributed by atoms with van der Waals surface area (Å²) in [5.74, 6) is -0.840. The highest BCUT2D eigenvalue weighted by atomic mass is 32.1. The molecule has 8 heteroatoms. The minimum atomic E-state index is -1.09. The van der Waals surface area contributed by atoms with Gasteiger partial charge in [0, 0.05) is 22.2 Å². The number of hydrogen-bond donors (Lipinski definition) is 3. The lowest BCUT2D eigenvalue weighted by Crippen LogP contribution is -2.29. The van der Waals surface area contributed by atoms with Crippen LogP contribution in [0.5, 0.6) is 0 Å². The van der Waals surface area contributed by atoms with E-state index in [9.17, 15) is 9.59 Å². The van der Waals surface area contributed by atoms with E-state index in [1.807, 2.05) is 0 Å². The molecule has 0 atom stereocenters. The average molecular weight is 433 g/mol. The van der Waals surface area contributed by atoms with Gasteiger partial charge in [0.15, 0.2) is 0 Å². The molecule has 4 aromatic rings. The van der Waals surface area contributed by atoms with Crippen molar-refractivity contribution < 1.29 is 14.7 Å². The van der Waals surface area contributed by atoms with Crippen molar-refractivity contribution in [2.24, 2.45) is 0 Å². The molecule has 2 aromatic heterocycles. The number of hydrogen-bond acceptors (Lipinski definition) is 6. The molecule has 2 aromatic carbocycles. The summed E-state index contributed by atoms with van der Waals surface area (Å²) in [4.78, 5) is 32.3. The molecule has 156 valence electrons. The number of carbonyl (C=O) groups excluding carboxylic acids is 1. The Hall–Kier alpha value is -3.78. The summed E-state index contributed by atoms with van der Waals surface area (Å²) in [7, 11) is 0. The maximum Gasteiger partial charge on any atom is 0.322 e. The van der Waals surface area contributed by atoms with Gasteiger partial charge in [0.05, 0.1) is 5.39 Å². The topological polar surface area (TPSA) is 104 Å². The molecule has 1 amide bonds. The molecule has 0 fully saturated rings. The number of anilines is 2. The van der Waals surface area contributed by atoms with Crippen molar-refractivity contribution in [3.63, 3.8) is 0 Å². The molecule has 0 spiro atoms. The number of nitrogens with zero attached hydrogens (tertiary/aromatic N) is 2. The van der Waals surface area contributed by atoms with E-state index in [4.69, 9.17) is 5.11 Å². The number of nitrogens with one attached hydrogen (secondary N) is 2. The molecule has 0 aliphatic carbocycles. The Morgan fingerprint density at radius 1 is 1.03 bits per heavy atom. The van der Waals surface area contributed by atoms with Crippen LogP contribution in [0.4, 0.5) is 11.5 Å². The lowest BCUT2D eigenvalue weighted by Gasteiger charge is -2.10. The third kappa shape index (κ3) is 4.54. The highest BCUT2D eigenvalue weighted by Gasteiger charge is 2.14. The number of thiophene rings is 1. The van der Waals surface area contributed by atoms with Crippen molar-refractivity contribution in [1.82, 2.24) is 15.3 Å². The van der Waals surface area contributed by atoms with Gasteiger partial charge in [0.2, 0.25) is 0 Å². The number of benzene rings is 2. The number of amides is 1. The average Bonchev–Trinajstić information content (AvgIpc) is 3.23. The lowest BCUT2D eigenvalue weighted by molar-refractivity contribution is -0.135. The van der Waals surface area contributed by atoms with Gasteiger partial charge in [0.1, 0.15) is 23.5 Å². The largest absolute Gasteiger partial charge is 0.480 e. The number of aromatic nitrogens is 2. The Morgan fingerprint density at radius 3 is 2.45 bits per heavy atom. The number of fused-ring (bicyclic) bond motifs is 1. The molecule has 0 unspecified atom stereocenters. The normalized spacial score (nSPS) is 10.7. The Labute approximate surface area is 182 Å². The summed E-state index contributed by atoms with van der Waals surface area (Å²) in [6, 6.07) is 15.3. The third-order valence-corrected chi connectivity index (χ3v) is 5.74. The molecule has 7 nitrogen and oxygen atoms in total. The van der Waals surface area contributed by atoms with Crippen LogP contribution in [0.25, 0.3) is 21.3 Å². The Kier molecular flexibility index (Phi) is 5.90. The van der Waals surface area contributed by atoms with Crippen LogP contribution in [0, 0.1) is 0 Å². The maximum absolute atomic E-state index is 12.0. The highest BCUT2D eigenvalue weighted by Crippen LogP contribution is 2.37. The Morgan fingerprint density at radius 2 is 1.77 bits per heavy atom. The van der Waals surface area contributed by atoms with Crippen LogP contribution in [0.15, 0.2) is 60.2 Å². The molecule has 31 heavy (non-hydrogen) atoms. The number of carboxylic acid groups (broad SMARTS) is 1. The van der Waals surface area contributed by atoms with Gasteiger partial charge in [-0.3, -0.25) is 9.59 Å². The van der Waals surface area contributed by atoms with Crippen molar-refractivity contribution >= 4 is 44.9 Å². The van der Waals surface area contributed by atoms with Crippen LogP contribution >= 0.6 is 11.3 Å². The van der Waals surface area contributed by atoms with Crippen LogP contribution in [-0.2, 0) is 11.2 Å². The van der Waals surface area contributed by atoms with E-state index in [1.165, 1.54) is 11.9 Å². The second-order valence-corrected chi connectivity index (χ2v) is 7.74. The van der Waals surface area contributed by atoms with Crippen LogP contribution in [-0.4, -0.2) is 33.5 Å². The van der Waals surface area contributed by atoms with E-state index in [-0.39, 0.29) is 0 Å². The van der Waals surface area contributed by atoms with Crippen molar-refractivity contribution in [3.8, 4) is 11.1 Å². The lowest BCUT2D eigenvalue weighted by atomic mass is 10.0. The molecular formula is C23H20N4O3S. The zero-order valence-electron chi connectivity index (χ0n) is 16.8. The van der Waals surface area contributed by atoms with Gasteiger partial charge in [-0.1, -0.05) is 31.2 Å². The summed E-state index contributed by atoms with van der Waals surface area (Å²) >= 11 is 1.57. The molecule has 0 aliphatic rings. The van der Waals surface area contributed by atoms with Crippen LogP contribution in [0.2, 0.25) is 0 Å². The van der Waals surface area contributed by atoms with Gasteiger partial charge in [-0.15, -0.1) is 11.3 Å². The van der Waals surface area contributed by atoms with E-state index in [1.54, 1.807) is 35.6 Å². The molecule has 0 saturated heterocycles. The van der Waals surface area contributed by atoms with Gasteiger partial charge in [-0.2, -0.15) is 0 Å². The van der Waals surface area contributed by atoms with E-state index < -0.39 is 18.4 Å². The molecule has 4 rings (SSSR count). The van der Waals surface area contributed by atoms with Gasteiger partial charge in [-0.25, -0.2) is 9.97 Å². The van der Waals surface area contributed by atoms with Gasteiger partial charge < -0.3 is 15.7 Å². The minimum Gasteiger partial charge on any atom is -0.480 e. The van der Waals surface area contributed by atoms with Crippen molar-refractivity contribution in [1.29, 1.82) is 0 Å². The summed E-state index contributed by atoms with van der Waals surface area (Å²) in [6.07, 6.45) is 2.52. The smallest absolute Gasteiger partial charge is 0.322 e. The SMILES string of the molecule is CCc1ccc(-c2csc3ncnc(Nc4ccc(C(=O)NCC(=O)O)cc4)c23)cc1. The Bertz CT molecular complexity index is 1230. The first-order valence-corrected chi connectivity index (χ1v) is 10.6. The fraction of sp³-hybridized carbons (Fsp3) is 0.130. The first-order chi connectivity index (χ1) is 15.0. The molecular weight excluding hydrogens is 412 g/mol. The molecule has 0 bridgehead atoms. The van der Waals surface area contributed by atoms with Crippen molar-refractivity contribution in [2.75, 3.05) is 11.9 Å². The molecule has 3 N–H and O–H groups in total. The minimum absolute atomic E-state index is 0.381. The van der Waals surface area contributed by atoms with Gasteiger partial charge in [0.25, 0.3) is 5.91 Å². The summed E-state index contributed by atoms with van der Waals surface area (Å²) in [5.41, 5.74) is 4.59. The number of aliphatic carboxylic acids is 1. The number of aryl methyl sites for hydroxylation is 1.